The summed E-state index contributed by atoms with van der Waals surface area (Å²) in [5.74, 6) is 0. The summed E-state index contributed by atoms with van der Waals surface area (Å²) in [6.45, 7) is 2.04. The van der Waals surface area contributed by atoms with Crippen molar-refractivity contribution in [2.24, 2.45) is 0 Å². The molecule has 3 nitrogen and oxygen atoms in total. The molecule has 20 heavy (non-hydrogen) atoms. The minimum absolute atomic E-state index is 0.234. The third-order valence-corrected chi connectivity index (χ3v) is 5.99. The maximum atomic E-state index is 12.4. The Bertz CT molecular complexity index is 731. The number of aryl methyl sites for hydroxylation is 1. The zero-order valence-electron chi connectivity index (χ0n) is 11.6. The first-order valence-electron chi connectivity index (χ1n) is 7.08. The van der Waals surface area contributed by atoms with Crippen LogP contribution in [-0.2, 0) is 10.0 Å². The second-order valence-corrected chi connectivity index (χ2v) is 7.49. The molecule has 2 aromatic carbocycles. The van der Waals surface area contributed by atoms with Crippen LogP contribution in [0.4, 0.5) is 5.69 Å². The van der Waals surface area contributed by atoms with Gasteiger partial charge in [-0.15, -0.1) is 0 Å². The maximum absolute atomic E-state index is 12.4. The van der Waals surface area contributed by atoms with Gasteiger partial charge in [0.2, 0.25) is 10.0 Å². The predicted octanol–water partition coefficient (Wildman–Crippen LogP) is 3.83. The first kappa shape index (κ1) is 13.4. The lowest BCUT2D eigenvalue weighted by Crippen LogP contribution is -2.25. The predicted molar refractivity (Wildman–Crippen MR) is 83.5 cm³/mol. The quantitative estimate of drug-likeness (QED) is 0.933. The zero-order valence-corrected chi connectivity index (χ0v) is 12.4. The fourth-order valence-corrected chi connectivity index (χ4v) is 4.58. The van der Waals surface area contributed by atoms with Crippen LogP contribution in [0.3, 0.4) is 0 Å². The van der Waals surface area contributed by atoms with Gasteiger partial charge < -0.3 is 0 Å². The van der Waals surface area contributed by atoms with Crippen LogP contribution in [0.25, 0.3) is 10.8 Å². The lowest BCUT2D eigenvalue weighted by atomic mass is 10.0. The Morgan fingerprint density at radius 1 is 1.00 bits per heavy atom. The Morgan fingerprint density at radius 3 is 2.35 bits per heavy atom. The maximum Gasteiger partial charge on any atom is 0.235 e. The average molecular weight is 289 g/mol. The van der Waals surface area contributed by atoms with E-state index < -0.39 is 10.0 Å². The Labute approximate surface area is 120 Å². The molecule has 4 heteroatoms. The first-order valence-corrected chi connectivity index (χ1v) is 8.62. The number of rotatable bonds is 3. The molecule has 0 radical (unpaired) electrons. The van der Waals surface area contributed by atoms with Crippen molar-refractivity contribution < 1.29 is 8.42 Å². The molecule has 0 bridgehead atoms. The first-order chi connectivity index (χ1) is 9.58. The molecule has 1 aliphatic carbocycles. The second kappa shape index (κ2) is 5.09. The van der Waals surface area contributed by atoms with E-state index in [1.165, 1.54) is 0 Å². The van der Waals surface area contributed by atoms with Crippen molar-refractivity contribution in [3.8, 4) is 0 Å². The van der Waals surface area contributed by atoms with Crippen LogP contribution < -0.4 is 4.72 Å². The van der Waals surface area contributed by atoms with E-state index in [0.717, 1.165) is 42.0 Å². The minimum atomic E-state index is -3.27. The van der Waals surface area contributed by atoms with Crippen LogP contribution in [0, 0.1) is 6.92 Å². The van der Waals surface area contributed by atoms with Crippen molar-refractivity contribution in [3.05, 3.63) is 42.0 Å². The average Bonchev–Trinajstić information content (AvgIpc) is 2.97. The van der Waals surface area contributed by atoms with Gasteiger partial charge in [-0.1, -0.05) is 43.2 Å². The van der Waals surface area contributed by atoms with Crippen molar-refractivity contribution in [2.75, 3.05) is 4.72 Å². The van der Waals surface area contributed by atoms with Crippen LogP contribution in [0.5, 0.6) is 0 Å². The number of benzene rings is 2. The van der Waals surface area contributed by atoms with Gasteiger partial charge in [-0.2, -0.15) is 0 Å². The van der Waals surface area contributed by atoms with E-state index in [9.17, 15) is 8.42 Å². The summed E-state index contributed by atoms with van der Waals surface area (Å²) in [4.78, 5) is 0. The number of sulfonamides is 1. The fraction of sp³-hybridized carbons (Fsp3) is 0.375. The van der Waals surface area contributed by atoms with Gasteiger partial charge in [-0.25, -0.2) is 8.42 Å². The molecule has 3 rings (SSSR count). The van der Waals surface area contributed by atoms with Crippen molar-refractivity contribution >= 4 is 26.5 Å². The summed E-state index contributed by atoms with van der Waals surface area (Å²) >= 11 is 0. The smallest absolute Gasteiger partial charge is 0.235 e. The molecule has 0 saturated heterocycles. The fourth-order valence-electron chi connectivity index (χ4n) is 2.97. The second-order valence-electron chi connectivity index (χ2n) is 5.53. The lowest BCUT2D eigenvalue weighted by molar-refractivity contribution is 0.585. The van der Waals surface area contributed by atoms with E-state index in [0.29, 0.717) is 5.69 Å². The molecule has 106 valence electrons. The third kappa shape index (κ3) is 2.40. The molecule has 0 spiro atoms. The summed E-state index contributed by atoms with van der Waals surface area (Å²) < 4.78 is 27.6. The highest BCUT2D eigenvalue weighted by molar-refractivity contribution is 7.93. The molecule has 0 amide bonds. The largest absolute Gasteiger partial charge is 0.283 e. The van der Waals surface area contributed by atoms with Gasteiger partial charge in [-0.05, 0) is 36.8 Å². The molecule has 1 fully saturated rings. The number of anilines is 1. The van der Waals surface area contributed by atoms with Gasteiger partial charge in [0.15, 0.2) is 0 Å². The van der Waals surface area contributed by atoms with Crippen molar-refractivity contribution in [1.29, 1.82) is 0 Å². The molecule has 1 saturated carbocycles. The minimum Gasteiger partial charge on any atom is -0.283 e. The SMILES string of the molecule is Cc1ccc(NS(=O)(=O)C2CCCC2)c2ccccc12. The Morgan fingerprint density at radius 2 is 1.65 bits per heavy atom. The molecular formula is C16H19NO2S. The van der Waals surface area contributed by atoms with Crippen LogP contribution in [-0.4, -0.2) is 13.7 Å². The molecule has 0 unspecified atom stereocenters. The molecule has 0 heterocycles. The topological polar surface area (TPSA) is 46.2 Å². The molecule has 1 aliphatic rings. The van der Waals surface area contributed by atoms with Gasteiger partial charge >= 0.3 is 0 Å². The van der Waals surface area contributed by atoms with Crippen molar-refractivity contribution in [1.82, 2.24) is 0 Å². The van der Waals surface area contributed by atoms with E-state index in [-0.39, 0.29) is 5.25 Å². The zero-order chi connectivity index (χ0) is 14.2. The summed E-state index contributed by atoms with van der Waals surface area (Å²) in [6, 6.07) is 11.7. The van der Waals surface area contributed by atoms with Crippen LogP contribution in [0.2, 0.25) is 0 Å². The molecule has 2 aromatic rings. The van der Waals surface area contributed by atoms with Crippen LogP contribution >= 0.6 is 0 Å². The van der Waals surface area contributed by atoms with Crippen molar-refractivity contribution in [2.45, 2.75) is 37.9 Å². The van der Waals surface area contributed by atoms with Gasteiger partial charge in [0.1, 0.15) is 0 Å². The Hall–Kier alpha value is -1.55. The monoisotopic (exact) mass is 289 g/mol. The summed E-state index contributed by atoms with van der Waals surface area (Å²) in [5.41, 5.74) is 1.85. The summed E-state index contributed by atoms with van der Waals surface area (Å²) in [7, 11) is -3.27. The van der Waals surface area contributed by atoms with E-state index >= 15 is 0 Å². The standard InChI is InChI=1S/C16H19NO2S/c1-12-10-11-16(15-9-5-4-8-14(12)15)17-20(18,19)13-6-2-3-7-13/h4-5,8-11,13,17H,2-3,6-7H2,1H3. The van der Waals surface area contributed by atoms with Crippen LogP contribution in [0.15, 0.2) is 36.4 Å². The third-order valence-electron chi connectivity index (χ3n) is 4.14. The van der Waals surface area contributed by atoms with Crippen molar-refractivity contribution in [3.63, 3.8) is 0 Å². The molecule has 1 N–H and O–H groups in total. The Balaban J connectivity index is 2.01. The highest BCUT2D eigenvalue weighted by Gasteiger charge is 2.28. The number of hydrogen-bond acceptors (Lipinski definition) is 2. The molecular weight excluding hydrogens is 270 g/mol. The van der Waals surface area contributed by atoms with E-state index in [1.807, 2.05) is 43.3 Å². The lowest BCUT2D eigenvalue weighted by Gasteiger charge is -2.15. The highest BCUT2D eigenvalue weighted by atomic mass is 32.2. The van der Waals surface area contributed by atoms with Crippen LogP contribution in [0.1, 0.15) is 31.2 Å². The number of nitrogens with one attached hydrogen (secondary N) is 1. The number of fused-ring (bicyclic) bond motifs is 1. The number of hydrogen-bond donors (Lipinski definition) is 1. The van der Waals surface area contributed by atoms with E-state index in [4.69, 9.17) is 0 Å². The van der Waals surface area contributed by atoms with E-state index in [1.54, 1.807) is 0 Å². The van der Waals surface area contributed by atoms with Gasteiger partial charge in [0.25, 0.3) is 0 Å². The molecule has 0 atom stereocenters. The molecule has 0 aliphatic heterocycles. The summed E-state index contributed by atoms with van der Waals surface area (Å²) in [6.07, 6.45) is 3.58. The normalized spacial score (nSPS) is 16.6. The highest BCUT2D eigenvalue weighted by Crippen LogP contribution is 2.30. The van der Waals surface area contributed by atoms with Gasteiger partial charge in [0.05, 0.1) is 10.9 Å². The van der Waals surface area contributed by atoms with Gasteiger partial charge in [0, 0.05) is 5.39 Å². The van der Waals surface area contributed by atoms with E-state index in [2.05, 4.69) is 4.72 Å². The molecule has 0 aromatic heterocycles. The Kier molecular flexibility index (Phi) is 3.42. The van der Waals surface area contributed by atoms with Gasteiger partial charge in [-0.3, -0.25) is 4.72 Å². The summed E-state index contributed by atoms with van der Waals surface area (Å²) in [5, 5.41) is 1.83.